The van der Waals surface area contributed by atoms with Crippen LogP contribution in [0.1, 0.15) is 37.7 Å². The standard InChI is InChI=1S/C15H17BrN2O2/c1-18-11-7-5-6-10(12(11)13(16)17-18)15(14(19)20)8-3-2-4-9-15/h5-7H,2-4,8-9H2,1H3,(H,19,20). The molecule has 0 bridgehead atoms. The molecule has 0 amide bonds. The minimum atomic E-state index is -0.761. The van der Waals surface area contributed by atoms with Gasteiger partial charge in [0.25, 0.3) is 0 Å². The first-order chi connectivity index (χ1) is 9.56. The minimum Gasteiger partial charge on any atom is -0.481 e. The summed E-state index contributed by atoms with van der Waals surface area (Å²) in [6.07, 6.45) is 4.49. The van der Waals surface area contributed by atoms with Crippen LogP contribution >= 0.6 is 15.9 Å². The summed E-state index contributed by atoms with van der Waals surface area (Å²) in [4.78, 5) is 12.0. The lowest BCUT2D eigenvalue weighted by Crippen LogP contribution is -2.38. The third kappa shape index (κ3) is 1.87. The summed E-state index contributed by atoms with van der Waals surface area (Å²) in [7, 11) is 1.88. The summed E-state index contributed by atoms with van der Waals surface area (Å²) < 4.78 is 2.53. The highest BCUT2D eigenvalue weighted by Gasteiger charge is 2.42. The maximum atomic E-state index is 12.0. The zero-order valence-corrected chi connectivity index (χ0v) is 13.0. The SMILES string of the molecule is Cn1nc(Br)c2c(C3(C(=O)O)CCCCC3)cccc21. The molecule has 4 nitrogen and oxygen atoms in total. The van der Waals surface area contributed by atoms with E-state index >= 15 is 0 Å². The number of aliphatic carboxylic acids is 1. The van der Waals surface area contributed by atoms with Gasteiger partial charge < -0.3 is 5.11 Å². The van der Waals surface area contributed by atoms with E-state index in [1.54, 1.807) is 4.68 Å². The van der Waals surface area contributed by atoms with Crippen LogP contribution in [-0.2, 0) is 17.3 Å². The topological polar surface area (TPSA) is 55.1 Å². The molecule has 1 aromatic heterocycles. The van der Waals surface area contributed by atoms with Gasteiger partial charge in [0.1, 0.15) is 4.60 Å². The number of carboxylic acids is 1. The normalized spacial score (nSPS) is 18.3. The van der Waals surface area contributed by atoms with Gasteiger partial charge in [-0.05, 0) is 40.4 Å². The molecule has 1 fully saturated rings. The monoisotopic (exact) mass is 336 g/mol. The number of hydrogen-bond donors (Lipinski definition) is 1. The van der Waals surface area contributed by atoms with Crippen LogP contribution < -0.4 is 0 Å². The van der Waals surface area contributed by atoms with Crippen molar-refractivity contribution in [1.82, 2.24) is 9.78 Å². The summed E-state index contributed by atoms with van der Waals surface area (Å²) in [5.74, 6) is -0.708. The van der Waals surface area contributed by atoms with Crippen molar-refractivity contribution in [2.24, 2.45) is 7.05 Å². The van der Waals surface area contributed by atoms with Crippen molar-refractivity contribution in [3.63, 3.8) is 0 Å². The number of fused-ring (bicyclic) bond motifs is 1. The van der Waals surface area contributed by atoms with Crippen LogP contribution in [0, 0.1) is 0 Å². The fourth-order valence-corrected chi connectivity index (χ4v) is 4.07. The maximum absolute atomic E-state index is 12.0. The summed E-state index contributed by atoms with van der Waals surface area (Å²) in [6, 6.07) is 5.87. The molecule has 1 aromatic carbocycles. The van der Waals surface area contributed by atoms with Crippen molar-refractivity contribution < 1.29 is 9.90 Å². The second kappa shape index (κ2) is 4.88. The molecule has 0 atom stereocenters. The van der Waals surface area contributed by atoms with E-state index in [1.807, 2.05) is 25.2 Å². The molecule has 20 heavy (non-hydrogen) atoms. The number of halogens is 1. The smallest absolute Gasteiger partial charge is 0.314 e. The lowest BCUT2D eigenvalue weighted by Gasteiger charge is -2.34. The largest absolute Gasteiger partial charge is 0.481 e. The molecule has 0 saturated heterocycles. The highest BCUT2D eigenvalue weighted by Crippen LogP contribution is 2.44. The van der Waals surface area contributed by atoms with E-state index < -0.39 is 11.4 Å². The molecule has 0 radical (unpaired) electrons. The molecular formula is C15H17BrN2O2. The molecule has 5 heteroatoms. The molecule has 0 spiro atoms. The Hall–Kier alpha value is -1.36. The highest BCUT2D eigenvalue weighted by atomic mass is 79.9. The van der Waals surface area contributed by atoms with Gasteiger partial charge in [-0.3, -0.25) is 9.48 Å². The van der Waals surface area contributed by atoms with Crippen molar-refractivity contribution in [3.05, 3.63) is 28.4 Å². The van der Waals surface area contributed by atoms with E-state index in [0.717, 1.165) is 40.3 Å². The van der Waals surface area contributed by atoms with E-state index in [2.05, 4.69) is 21.0 Å². The molecule has 1 N–H and O–H groups in total. The number of carbonyl (C=O) groups is 1. The van der Waals surface area contributed by atoms with Gasteiger partial charge in [-0.2, -0.15) is 5.10 Å². The van der Waals surface area contributed by atoms with Crippen LogP contribution in [0.25, 0.3) is 10.9 Å². The van der Waals surface area contributed by atoms with E-state index in [4.69, 9.17) is 0 Å². The number of aromatic nitrogens is 2. The second-order valence-electron chi connectivity index (χ2n) is 5.56. The zero-order valence-electron chi connectivity index (χ0n) is 11.4. The van der Waals surface area contributed by atoms with Gasteiger partial charge in [-0.25, -0.2) is 0 Å². The van der Waals surface area contributed by atoms with Crippen molar-refractivity contribution in [3.8, 4) is 0 Å². The van der Waals surface area contributed by atoms with E-state index in [-0.39, 0.29) is 0 Å². The quantitative estimate of drug-likeness (QED) is 0.911. The zero-order chi connectivity index (χ0) is 14.3. The van der Waals surface area contributed by atoms with Gasteiger partial charge in [-0.1, -0.05) is 31.4 Å². The second-order valence-corrected chi connectivity index (χ2v) is 6.31. The Morgan fingerprint density at radius 2 is 2.05 bits per heavy atom. The van der Waals surface area contributed by atoms with Crippen LogP contribution in [0.3, 0.4) is 0 Å². The number of aryl methyl sites for hydroxylation is 1. The van der Waals surface area contributed by atoms with Gasteiger partial charge >= 0.3 is 5.97 Å². The van der Waals surface area contributed by atoms with Crippen LogP contribution in [0.2, 0.25) is 0 Å². The Bertz CT molecular complexity index is 672. The summed E-state index contributed by atoms with van der Waals surface area (Å²) in [5.41, 5.74) is 1.12. The average molecular weight is 337 g/mol. The fourth-order valence-electron chi connectivity index (χ4n) is 3.41. The van der Waals surface area contributed by atoms with Crippen LogP contribution in [0.15, 0.2) is 22.8 Å². The van der Waals surface area contributed by atoms with Crippen LogP contribution in [0.4, 0.5) is 0 Å². The summed E-state index contributed by atoms with van der Waals surface area (Å²) >= 11 is 3.48. The predicted molar refractivity (Wildman–Crippen MR) is 80.8 cm³/mol. The number of nitrogens with zero attached hydrogens (tertiary/aromatic N) is 2. The highest BCUT2D eigenvalue weighted by molar-refractivity contribution is 9.10. The van der Waals surface area contributed by atoms with Crippen LogP contribution in [-0.4, -0.2) is 20.9 Å². The van der Waals surface area contributed by atoms with Crippen molar-refractivity contribution in [2.75, 3.05) is 0 Å². The van der Waals surface area contributed by atoms with Gasteiger partial charge in [0.15, 0.2) is 0 Å². The van der Waals surface area contributed by atoms with Gasteiger partial charge in [0.05, 0.1) is 10.9 Å². The number of carboxylic acid groups (broad SMARTS) is 1. The number of hydrogen-bond acceptors (Lipinski definition) is 2. The van der Waals surface area contributed by atoms with Gasteiger partial charge in [0, 0.05) is 12.4 Å². The lowest BCUT2D eigenvalue weighted by molar-refractivity contribution is -0.145. The van der Waals surface area contributed by atoms with E-state index in [0.29, 0.717) is 12.8 Å². The van der Waals surface area contributed by atoms with Gasteiger partial charge in [-0.15, -0.1) is 0 Å². The van der Waals surface area contributed by atoms with Crippen molar-refractivity contribution in [1.29, 1.82) is 0 Å². The molecule has 0 unspecified atom stereocenters. The lowest BCUT2D eigenvalue weighted by atomic mass is 9.68. The molecule has 3 rings (SSSR count). The molecule has 2 aromatic rings. The first-order valence-corrected chi connectivity index (χ1v) is 7.71. The third-order valence-electron chi connectivity index (χ3n) is 4.47. The van der Waals surface area contributed by atoms with Gasteiger partial charge in [0.2, 0.25) is 0 Å². The molecular weight excluding hydrogens is 320 g/mol. The minimum absolute atomic E-state index is 0.708. The van der Waals surface area contributed by atoms with Crippen LogP contribution in [0.5, 0.6) is 0 Å². The van der Waals surface area contributed by atoms with E-state index in [9.17, 15) is 9.90 Å². The first-order valence-electron chi connectivity index (χ1n) is 6.91. The van der Waals surface area contributed by atoms with E-state index in [1.165, 1.54) is 0 Å². The van der Waals surface area contributed by atoms with Crippen molar-refractivity contribution >= 4 is 32.8 Å². The number of benzene rings is 1. The Labute approximate surface area is 125 Å². The molecule has 0 aliphatic heterocycles. The predicted octanol–water partition coefficient (Wildman–Crippen LogP) is 3.62. The summed E-state index contributed by atoms with van der Waals surface area (Å²) in [5, 5.41) is 15.2. The number of rotatable bonds is 2. The molecule has 106 valence electrons. The summed E-state index contributed by atoms with van der Waals surface area (Å²) in [6.45, 7) is 0. The Morgan fingerprint density at radius 1 is 1.35 bits per heavy atom. The molecule has 1 aliphatic rings. The first kappa shape index (κ1) is 13.6. The Balaban J connectivity index is 2.29. The molecule has 1 aliphatic carbocycles. The Morgan fingerprint density at radius 3 is 2.70 bits per heavy atom. The van der Waals surface area contributed by atoms with Crippen molar-refractivity contribution in [2.45, 2.75) is 37.5 Å². The molecule has 1 saturated carbocycles. The Kier molecular flexibility index (Phi) is 3.32. The average Bonchev–Trinajstić information content (AvgIpc) is 2.75. The maximum Gasteiger partial charge on any atom is 0.314 e. The molecule has 1 heterocycles. The third-order valence-corrected chi connectivity index (χ3v) is 5.02. The fraction of sp³-hybridized carbons (Fsp3) is 0.467.